The summed E-state index contributed by atoms with van der Waals surface area (Å²) in [6.07, 6.45) is 4.29. The summed E-state index contributed by atoms with van der Waals surface area (Å²) in [5.74, 6) is 0.716. The number of nitrogens with zero attached hydrogens (tertiary/aromatic N) is 1. The Bertz CT molecular complexity index is 1230. The van der Waals surface area contributed by atoms with Crippen LogP contribution in [0.4, 0.5) is 5.69 Å². The summed E-state index contributed by atoms with van der Waals surface area (Å²) >= 11 is 0. The Morgan fingerprint density at radius 3 is 2.33 bits per heavy atom. The molecule has 3 aromatic carbocycles. The van der Waals surface area contributed by atoms with Crippen LogP contribution in [-0.2, 0) is 0 Å². The molecule has 1 aromatic heterocycles. The number of furan rings is 1. The number of fused-ring (bicyclic) bond motifs is 3. The van der Waals surface area contributed by atoms with Crippen molar-refractivity contribution in [3.8, 4) is 0 Å². The second-order valence-corrected chi connectivity index (χ2v) is 8.72. The highest BCUT2D eigenvalue weighted by Crippen LogP contribution is 2.46. The molecule has 152 valence electrons. The van der Waals surface area contributed by atoms with E-state index in [0.29, 0.717) is 11.8 Å². The first-order chi connectivity index (χ1) is 14.6. The number of para-hydroxylation sites is 1. The molecule has 1 aliphatic rings. The lowest BCUT2D eigenvalue weighted by atomic mass is 9.89. The first-order valence-corrected chi connectivity index (χ1v) is 10.8. The van der Waals surface area contributed by atoms with Crippen molar-refractivity contribution in [2.24, 2.45) is 0 Å². The molecule has 4 aromatic rings. The number of nitrogens with one attached hydrogen (secondary N) is 1. The fourth-order valence-corrected chi connectivity index (χ4v) is 4.64. The van der Waals surface area contributed by atoms with Gasteiger partial charge in [-0.2, -0.15) is 0 Å². The fourth-order valence-electron chi connectivity index (χ4n) is 4.64. The highest BCUT2D eigenvalue weighted by Gasteiger charge is 2.30. The SMILES string of the molecule is CC(C)c1cc2c(oc3ccccc32)c(C(C)C)c1N1C=CNC1c1ccccc1. The van der Waals surface area contributed by atoms with Gasteiger partial charge in [0.15, 0.2) is 0 Å². The molecule has 0 radical (unpaired) electrons. The van der Waals surface area contributed by atoms with Gasteiger partial charge in [-0.05, 0) is 35.1 Å². The zero-order valence-electron chi connectivity index (χ0n) is 18.0. The molecular weight excluding hydrogens is 368 g/mol. The van der Waals surface area contributed by atoms with Gasteiger partial charge in [0, 0.05) is 28.7 Å². The standard InChI is InChI=1S/C27H28N2O/c1-17(2)21-16-22-20-12-8-9-13-23(20)30-26(22)24(18(3)4)25(21)29-15-14-28-27(29)19-10-6-5-7-11-19/h5-18,27-28H,1-4H3. The van der Waals surface area contributed by atoms with Crippen LogP contribution in [0.2, 0.25) is 0 Å². The van der Waals surface area contributed by atoms with Crippen molar-refractivity contribution in [2.45, 2.75) is 45.7 Å². The Kier molecular flexibility index (Phi) is 4.54. The van der Waals surface area contributed by atoms with Gasteiger partial charge in [-0.25, -0.2) is 0 Å². The van der Waals surface area contributed by atoms with E-state index >= 15 is 0 Å². The zero-order valence-corrected chi connectivity index (χ0v) is 18.0. The molecule has 3 nitrogen and oxygen atoms in total. The molecule has 2 heterocycles. The predicted octanol–water partition coefficient (Wildman–Crippen LogP) is 7.41. The third kappa shape index (κ3) is 2.88. The first-order valence-electron chi connectivity index (χ1n) is 10.8. The van der Waals surface area contributed by atoms with E-state index in [4.69, 9.17) is 4.42 Å². The van der Waals surface area contributed by atoms with Gasteiger partial charge < -0.3 is 14.6 Å². The van der Waals surface area contributed by atoms with Crippen molar-refractivity contribution in [3.05, 3.63) is 89.8 Å². The topological polar surface area (TPSA) is 28.4 Å². The summed E-state index contributed by atoms with van der Waals surface area (Å²) in [7, 11) is 0. The van der Waals surface area contributed by atoms with Gasteiger partial charge in [0.2, 0.25) is 0 Å². The van der Waals surface area contributed by atoms with Crippen LogP contribution >= 0.6 is 0 Å². The largest absolute Gasteiger partial charge is 0.456 e. The number of hydrogen-bond acceptors (Lipinski definition) is 3. The maximum Gasteiger partial charge on any atom is 0.140 e. The maximum absolute atomic E-state index is 6.45. The van der Waals surface area contributed by atoms with Crippen molar-refractivity contribution in [1.29, 1.82) is 0 Å². The van der Waals surface area contributed by atoms with Gasteiger partial charge >= 0.3 is 0 Å². The molecule has 0 fully saturated rings. The van der Waals surface area contributed by atoms with E-state index in [1.165, 1.54) is 33.2 Å². The van der Waals surface area contributed by atoms with Crippen LogP contribution in [-0.4, -0.2) is 0 Å². The lowest BCUT2D eigenvalue weighted by Crippen LogP contribution is -2.28. The van der Waals surface area contributed by atoms with Gasteiger partial charge in [-0.15, -0.1) is 0 Å². The van der Waals surface area contributed by atoms with E-state index in [2.05, 4.69) is 105 Å². The first kappa shape index (κ1) is 18.8. The van der Waals surface area contributed by atoms with Crippen LogP contribution in [0, 0.1) is 0 Å². The lowest BCUT2D eigenvalue weighted by molar-refractivity contribution is 0.642. The molecule has 0 bridgehead atoms. The van der Waals surface area contributed by atoms with E-state index < -0.39 is 0 Å². The summed E-state index contributed by atoms with van der Waals surface area (Å²) in [5, 5.41) is 5.95. The number of hydrogen-bond donors (Lipinski definition) is 1. The highest BCUT2D eigenvalue weighted by molar-refractivity contribution is 6.08. The van der Waals surface area contributed by atoms with Gasteiger partial charge in [0.25, 0.3) is 0 Å². The zero-order chi connectivity index (χ0) is 20.8. The fraction of sp³-hybridized carbons (Fsp3) is 0.259. The van der Waals surface area contributed by atoms with E-state index in [1.807, 2.05) is 6.07 Å². The van der Waals surface area contributed by atoms with Crippen molar-refractivity contribution >= 4 is 27.6 Å². The molecule has 0 spiro atoms. The lowest BCUT2D eigenvalue weighted by Gasteiger charge is -2.32. The molecular formula is C27H28N2O. The highest BCUT2D eigenvalue weighted by atomic mass is 16.3. The summed E-state index contributed by atoms with van der Waals surface area (Å²) in [6, 6.07) is 21.3. The van der Waals surface area contributed by atoms with E-state index in [0.717, 1.165) is 11.2 Å². The Balaban J connectivity index is 1.82. The molecule has 1 N–H and O–H groups in total. The van der Waals surface area contributed by atoms with Crippen LogP contribution in [0.15, 0.2) is 77.5 Å². The molecule has 0 saturated heterocycles. The molecule has 30 heavy (non-hydrogen) atoms. The normalized spacial score (nSPS) is 16.3. The van der Waals surface area contributed by atoms with E-state index in [9.17, 15) is 0 Å². The van der Waals surface area contributed by atoms with Crippen LogP contribution in [0.1, 0.15) is 62.4 Å². The minimum atomic E-state index is 0.0722. The summed E-state index contributed by atoms with van der Waals surface area (Å²) in [5.41, 5.74) is 7.11. The minimum Gasteiger partial charge on any atom is -0.456 e. The third-order valence-corrected chi connectivity index (χ3v) is 6.05. The minimum absolute atomic E-state index is 0.0722. The molecule has 0 amide bonds. The molecule has 0 saturated carbocycles. The molecule has 5 rings (SSSR count). The molecule has 1 atom stereocenters. The van der Waals surface area contributed by atoms with E-state index in [1.54, 1.807) is 0 Å². The molecule has 0 aliphatic carbocycles. The van der Waals surface area contributed by atoms with Crippen LogP contribution < -0.4 is 10.2 Å². The van der Waals surface area contributed by atoms with Crippen LogP contribution in [0.3, 0.4) is 0 Å². The maximum atomic E-state index is 6.45. The molecule has 1 unspecified atom stereocenters. The molecule has 3 heteroatoms. The third-order valence-electron chi connectivity index (χ3n) is 6.05. The summed E-state index contributed by atoms with van der Waals surface area (Å²) in [6.45, 7) is 9.09. The second kappa shape index (κ2) is 7.24. The van der Waals surface area contributed by atoms with Gasteiger partial charge in [0.1, 0.15) is 17.3 Å². The van der Waals surface area contributed by atoms with Crippen molar-refractivity contribution in [2.75, 3.05) is 4.90 Å². The average Bonchev–Trinajstić information content (AvgIpc) is 3.37. The van der Waals surface area contributed by atoms with E-state index in [-0.39, 0.29) is 6.17 Å². The quantitative estimate of drug-likeness (QED) is 0.389. The Morgan fingerprint density at radius 2 is 1.60 bits per heavy atom. The monoisotopic (exact) mass is 396 g/mol. The van der Waals surface area contributed by atoms with Gasteiger partial charge in [-0.1, -0.05) is 76.2 Å². The summed E-state index contributed by atoms with van der Waals surface area (Å²) in [4.78, 5) is 2.38. The van der Waals surface area contributed by atoms with Crippen molar-refractivity contribution in [3.63, 3.8) is 0 Å². The van der Waals surface area contributed by atoms with Gasteiger partial charge in [-0.3, -0.25) is 0 Å². The number of anilines is 1. The predicted molar refractivity (Wildman–Crippen MR) is 126 cm³/mol. The number of benzene rings is 3. The Labute approximate surface area is 178 Å². The average molecular weight is 397 g/mol. The Hall–Kier alpha value is -3.20. The van der Waals surface area contributed by atoms with Crippen LogP contribution in [0.25, 0.3) is 21.9 Å². The Morgan fingerprint density at radius 1 is 0.867 bits per heavy atom. The van der Waals surface area contributed by atoms with Crippen molar-refractivity contribution < 1.29 is 4.42 Å². The second-order valence-electron chi connectivity index (χ2n) is 8.72. The van der Waals surface area contributed by atoms with Crippen molar-refractivity contribution in [1.82, 2.24) is 5.32 Å². The van der Waals surface area contributed by atoms with Crippen LogP contribution in [0.5, 0.6) is 0 Å². The smallest absolute Gasteiger partial charge is 0.140 e. The van der Waals surface area contributed by atoms with Gasteiger partial charge in [0.05, 0.1) is 5.69 Å². The number of rotatable bonds is 4. The summed E-state index contributed by atoms with van der Waals surface area (Å²) < 4.78 is 6.45. The molecule has 1 aliphatic heterocycles.